The molecule has 2 unspecified atom stereocenters. The van der Waals surface area contributed by atoms with E-state index in [4.69, 9.17) is 0 Å². The molecule has 0 aromatic carbocycles. The standard InChI is InChI=1S/C6H14F3NO2S/c1-5(11-3)10(6(2)12-4)13(7,8)9/h5-6H,1-4H3. The molecule has 0 saturated carbocycles. The van der Waals surface area contributed by atoms with E-state index in [9.17, 15) is 11.7 Å². The summed E-state index contributed by atoms with van der Waals surface area (Å²) in [4.78, 5) is 0. The van der Waals surface area contributed by atoms with Gasteiger partial charge in [-0.3, -0.25) is 0 Å². The third-order valence-electron chi connectivity index (χ3n) is 1.64. The van der Waals surface area contributed by atoms with Gasteiger partial charge in [0.05, 0.1) is 0 Å². The topological polar surface area (TPSA) is 21.7 Å². The van der Waals surface area contributed by atoms with Crippen LogP contribution < -0.4 is 0 Å². The number of ether oxygens (including phenoxy) is 2. The highest BCUT2D eigenvalue weighted by Crippen LogP contribution is 2.58. The number of hydrogen-bond donors (Lipinski definition) is 0. The summed E-state index contributed by atoms with van der Waals surface area (Å²) in [5.41, 5.74) is 0. The van der Waals surface area contributed by atoms with Crippen molar-refractivity contribution in [2.24, 2.45) is 0 Å². The first kappa shape index (κ1) is 13.0. The molecule has 0 fully saturated rings. The molecule has 0 spiro atoms. The molecule has 3 nitrogen and oxygen atoms in total. The highest BCUT2D eigenvalue weighted by Gasteiger charge is 2.39. The van der Waals surface area contributed by atoms with Crippen molar-refractivity contribution in [1.82, 2.24) is 4.31 Å². The molecule has 0 aliphatic carbocycles. The van der Waals surface area contributed by atoms with Crippen molar-refractivity contribution >= 4 is 11.4 Å². The maximum Gasteiger partial charge on any atom is 0.282 e. The number of nitrogens with zero attached hydrogens (tertiary/aromatic N) is 1. The van der Waals surface area contributed by atoms with Gasteiger partial charge in [-0.15, -0.1) is 16.0 Å². The second-order valence-electron chi connectivity index (χ2n) is 2.41. The monoisotopic (exact) mass is 221 g/mol. The lowest BCUT2D eigenvalue weighted by Crippen LogP contribution is -2.40. The van der Waals surface area contributed by atoms with E-state index >= 15 is 0 Å². The van der Waals surface area contributed by atoms with Gasteiger partial charge in [0, 0.05) is 14.2 Å². The molecule has 13 heavy (non-hydrogen) atoms. The lowest BCUT2D eigenvalue weighted by molar-refractivity contribution is -0.0696. The summed E-state index contributed by atoms with van der Waals surface area (Å²) in [6, 6.07) is 0. The van der Waals surface area contributed by atoms with Crippen molar-refractivity contribution in [2.45, 2.75) is 26.3 Å². The second-order valence-corrected chi connectivity index (χ2v) is 3.60. The van der Waals surface area contributed by atoms with Crippen molar-refractivity contribution in [3.63, 3.8) is 0 Å². The summed E-state index contributed by atoms with van der Waals surface area (Å²) in [6.07, 6.45) is -2.05. The van der Waals surface area contributed by atoms with E-state index in [-0.39, 0.29) is 4.31 Å². The highest BCUT2D eigenvalue weighted by molar-refractivity contribution is 8.18. The largest absolute Gasteiger partial charge is 0.366 e. The van der Waals surface area contributed by atoms with Gasteiger partial charge >= 0.3 is 0 Å². The van der Waals surface area contributed by atoms with Crippen LogP contribution in [-0.2, 0) is 9.47 Å². The van der Waals surface area contributed by atoms with Crippen molar-refractivity contribution < 1.29 is 21.1 Å². The molecule has 0 bridgehead atoms. The Morgan fingerprint density at radius 2 is 1.31 bits per heavy atom. The molecule has 0 saturated heterocycles. The van der Waals surface area contributed by atoms with Gasteiger partial charge in [0.15, 0.2) is 0 Å². The number of methoxy groups -OCH3 is 2. The number of halogens is 3. The molecule has 0 radical (unpaired) electrons. The van der Waals surface area contributed by atoms with Gasteiger partial charge < -0.3 is 9.47 Å². The smallest absolute Gasteiger partial charge is 0.282 e. The number of hydrogen-bond acceptors (Lipinski definition) is 3. The minimum atomic E-state index is -5.30. The molecule has 0 aromatic rings. The quantitative estimate of drug-likeness (QED) is 0.666. The summed E-state index contributed by atoms with van der Waals surface area (Å²) >= 11 is -5.30. The summed E-state index contributed by atoms with van der Waals surface area (Å²) < 4.78 is 46.8. The Labute approximate surface area is 78.1 Å². The van der Waals surface area contributed by atoms with Crippen LogP contribution in [0.15, 0.2) is 0 Å². The zero-order valence-electron chi connectivity index (χ0n) is 7.96. The fourth-order valence-corrected chi connectivity index (χ4v) is 1.69. The first-order valence-corrected chi connectivity index (χ1v) is 4.90. The minimum Gasteiger partial charge on any atom is -0.366 e. The Kier molecular flexibility index (Phi) is 5.05. The minimum absolute atomic E-state index is 0.271. The summed E-state index contributed by atoms with van der Waals surface area (Å²) in [6.45, 7) is 2.66. The van der Waals surface area contributed by atoms with Crippen molar-refractivity contribution in [2.75, 3.05) is 14.2 Å². The van der Waals surface area contributed by atoms with Crippen molar-refractivity contribution in [3.05, 3.63) is 0 Å². The molecule has 0 aliphatic rings. The van der Waals surface area contributed by atoms with E-state index in [1.54, 1.807) is 0 Å². The van der Waals surface area contributed by atoms with E-state index in [1.807, 2.05) is 0 Å². The fraction of sp³-hybridized carbons (Fsp3) is 1.00. The predicted octanol–water partition coefficient (Wildman–Crippen LogP) is 2.65. The molecule has 0 amide bonds. The lowest BCUT2D eigenvalue weighted by atomic mass is 10.5. The van der Waals surface area contributed by atoms with Crippen LogP contribution in [0.5, 0.6) is 0 Å². The fourth-order valence-electron chi connectivity index (χ4n) is 0.840. The van der Waals surface area contributed by atoms with Gasteiger partial charge in [0.25, 0.3) is 11.4 Å². The molecular weight excluding hydrogens is 207 g/mol. The molecule has 0 rings (SSSR count). The van der Waals surface area contributed by atoms with Crippen LogP contribution >= 0.6 is 11.4 Å². The summed E-state index contributed by atoms with van der Waals surface area (Å²) in [5.74, 6) is 0. The van der Waals surface area contributed by atoms with Gasteiger partial charge in [0.2, 0.25) is 0 Å². The van der Waals surface area contributed by atoms with Crippen LogP contribution in [0.2, 0.25) is 0 Å². The Morgan fingerprint density at radius 1 is 1.00 bits per heavy atom. The normalized spacial score (nSPS) is 18.8. The van der Waals surface area contributed by atoms with Crippen LogP contribution in [0.4, 0.5) is 11.7 Å². The van der Waals surface area contributed by atoms with Gasteiger partial charge in [0.1, 0.15) is 12.5 Å². The van der Waals surface area contributed by atoms with Crippen molar-refractivity contribution in [1.29, 1.82) is 0 Å². The third kappa shape index (κ3) is 3.72. The lowest BCUT2D eigenvalue weighted by Gasteiger charge is -2.34. The molecule has 7 heteroatoms. The zero-order valence-corrected chi connectivity index (χ0v) is 8.78. The molecule has 0 aromatic heterocycles. The van der Waals surface area contributed by atoms with Crippen LogP contribution in [-0.4, -0.2) is 31.0 Å². The zero-order chi connectivity index (χ0) is 10.6. The Morgan fingerprint density at radius 3 is 1.46 bits per heavy atom. The van der Waals surface area contributed by atoms with Crippen molar-refractivity contribution in [3.8, 4) is 0 Å². The SMILES string of the molecule is COC(C)N(C(C)OC)S(F)(F)F. The van der Waals surface area contributed by atoms with Gasteiger partial charge in [-0.05, 0) is 13.8 Å². The number of rotatable bonds is 5. The van der Waals surface area contributed by atoms with Gasteiger partial charge in [-0.1, -0.05) is 0 Å². The molecular formula is C6H14F3NO2S. The average Bonchev–Trinajstić information content (AvgIpc) is 2.01. The third-order valence-corrected chi connectivity index (χ3v) is 2.71. The van der Waals surface area contributed by atoms with Crippen LogP contribution in [0.25, 0.3) is 0 Å². The first-order valence-electron chi connectivity index (χ1n) is 3.60. The molecule has 0 N–H and O–H groups in total. The maximum absolute atomic E-state index is 12.4. The maximum atomic E-state index is 12.4. The Balaban J connectivity index is 4.55. The Hall–Kier alpha value is 0.0200. The first-order chi connectivity index (χ1) is 5.84. The van der Waals surface area contributed by atoms with Crippen LogP contribution in [0, 0.1) is 0 Å². The van der Waals surface area contributed by atoms with E-state index in [2.05, 4.69) is 9.47 Å². The Bertz CT molecular complexity index is 145. The highest BCUT2D eigenvalue weighted by atomic mass is 32.3. The average molecular weight is 221 g/mol. The summed E-state index contributed by atoms with van der Waals surface area (Å²) in [7, 11) is 2.45. The van der Waals surface area contributed by atoms with E-state index in [1.165, 1.54) is 28.1 Å². The van der Waals surface area contributed by atoms with E-state index < -0.39 is 23.8 Å². The van der Waals surface area contributed by atoms with E-state index in [0.717, 1.165) is 0 Å². The molecule has 0 aliphatic heterocycles. The second kappa shape index (κ2) is 5.04. The van der Waals surface area contributed by atoms with Crippen LogP contribution in [0.1, 0.15) is 13.8 Å². The molecule has 82 valence electrons. The molecule has 2 atom stereocenters. The van der Waals surface area contributed by atoms with Crippen LogP contribution in [0.3, 0.4) is 0 Å². The predicted molar refractivity (Wildman–Crippen MR) is 45.7 cm³/mol. The molecule has 0 heterocycles. The summed E-state index contributed by atoms with van der Waals surface area (Å²) in [5, 5.41) is 0. The van der Waals surface area contributed by atoms with Gasteiger partial charge in [-0.25, -0.2) is 0 Å². The van der Waals surface area contributed by atoms with E-state index in [0.29, 0.717) is 0 Å². The van der Waals surface area contributed by atoms with Gasteiger partial charge in [-0.2, -0.15) is 0 Å².